The Morgan fingerprint density at radius 1 is 1.33 bits per heavy atom. The Balaban J connectivity index is 2.55. The molecule has 3 nitrogen and oxygen atoms in total. The quantitative estimate of drug-likeness (QED) is 0.728. The summed E-state index contributed by atoms with van der Waals surface area (Å²) in [7, 11) is 0. The molecule has 78 valence electrons. The van der Waals surface area contributed by atoms with Crippen LogP contribution in [0.4, 0.5) is 5.69 Å². The number of hydrogen-bond acceptors (Lipinski definition) is 2. The fourth-order valence-corrected chi connectivity index (χ4v) is 1.57. The summed E-state index contributed by atoms with van der Waals surface area (Å²) in [5.74, 6) is 0. The lowest BCUT2D eigenvalue weighted by molar-refractivity contribution is 1.05. The molecule has 0 unspecified atom stereocenters. The first-order valence-electron chi connectivity index (χ1n) is 4.66. The smallest absolute Gasteiger partial charge is 0.0953 e. The highest BCUT2D eigenvalue weighted by Gasteiger charge is 2.08. The van der Waals surface area contributed by atoms with E-state index in [0.29, 0.717) is 10.7 Å². The van der Waals surface area contributed by atoms with Gasteiger partial charge in [0, 0.05) is 11.3 Å². The van der Waals surface area contributed by atoms with Crippen LogP contribution in [0.1, 0.15) is 11.3 Å². The molecule has 0 saturated carbocycles. The zero-order chi connectivity index (χ0) is 11.0. The molecule has 1 aromatic heterocycles. The van der Waals surface area contributed by atoms with Crippen molar-refractivity contribution in [3.63, 3.8) is 0 Å². The summed E-state index contributed by atoms with van der Waals surface area (Å²) in [6, 6.07) is 5.54. The number of H-pyrrole nitrogens is 1. The van der Waals surface area contributed by atoms with E-state index in [2.05, 4.69) is 10.2 Å². The van der Waals surface area contributed by atoms with Crippen molar-refractivity contribution in [1.82, 2.24) is 10.2 Å². The normalized spacial score (nSPS) is 10.6. The molecule has 0 spiro atoms. The number of nitrogens with two attached hydrogens (primary N) is 1. The molecule has 0 aliphatic heterocycles. The number of aromatic amines is 1. The minimum absolute atomic E-state index is 0.573. The second-order valence-electron chi connectivity index (χ2n) is 3.56. The number of aryl methyl sites for hydroxylation is 1. The van der Waals surface area contributed by atoms with E-state index in [1.54, 1.807) is 6.07 Å². The highest BCUT2D eigenvalue weighted by atomic mass is 35.5. The van der Waals surface area contributed by atoms with Gasteiger partial charge in [0.05, 0.1) is 16.4 Å². The summed E-state index contributed by atoms with van der Waals surface area (Å²) >= 11 is 5.86. The van der Waals surface area contributed by atoms with Crippen molar-refractivity contribution in [3.8, 4) is 11.3 Å². The second kappa shape index (κ2) is 3.59. The molecule has 2 aromatic rings. The molecule has 1 aromatic carbocycles. The summed E-state index contributed by atoms with van der Waals surface area (Å²) in [6.07, 6.45) is 0. The third kappa shape index (κ3) is 1.70. The number of nitrogen functional groups attached to an aromatic ring is 1. The van der Waals surface area contributed by atoms with Gasteiger partial charge in [0.1, 0.15) is 0 Å². The van der Waals surface area contributed by atoms with Crippen molar-refractivity contribution in [2.75, 3.05) is 5.73 Å². The van der Waals surface area contributed by atoms with E-state index in [9.17, 15) is 0 Å². The van der Waals surface area contributed by atoms with Gasteiger partial charge in [0.15, 0.2) is 0 Å². The van der Waals surface area contributed by atoms with Gasteiger partial charge < -0.3 is 5.73 Å². The van der Waals surface area contributed by atoms with Crippen LogP contribution in [0.25, 0.3) is 11.3 Å². The van der Waals surface area contributed by atoms with Gasteiger partial charge in [0.25, 0.3) is 0 Å². The van der Waals surface area contributed by atoms with E-state index in [-0.39, 0.29) is 0 Å². The number of halogens is 1. The third-order valence-corrected chi connectivity index (χ3v) is 2.87. The van der Waals surface area contributed by atoms with Crippen molar-refractivity contribution in [1.29, 1.82) is 0 Å². The first-order chi connectivity index (χ1) is 7.09. The standard InChI is InChI=1S/C11H12ClN3/c1-6-7(2)14-15-11(6)8-3-4-9(12)10(13)5-8/h3-5H,13H2,1-2H3,(H,14,15). The molecule has 0 atom stereocenters. The van der Waals surface area contributed by atoms with Gasteiger partial charge in [-0.3, -0.25) is 5.10 Å². The summed E-state index contributed by atoms with van der Waals surface area (Å²) in [6.45, 7) is 4.02. The van der Waals surface area contributed by atoms with Crippen LogP contribution >= 0.6 is 11.6 Å². The van der Waals surface area contributed by atoms with Gasteiger partial charge in [0.2, 0.25) is 0 Å². The zero-order valence-corrected chi connectivity index (χ0v) is 9.39. The summed E-state index contributed by atoms with van der Waals surface area (Å²) in [4.78, 5) is 0. The number of hydrogen-bond donors (Lipinski definition) is 2. The Kier molecular flexibility index (Phi) is 2.40. The average Bonchev–Trinajstić information content (AvgIpc) is 2.53. The summed E-state index contributed by atoms with van der Waals surface area (Å²) in [5, 5.41) is 7.75. The van der Waals surface area contributed by atoms with Crippen LogP contribution < -0.4 is 5.73 Å². The molecule has 0 amide bonds. The van der Waals surface area contributed by atoms with Gasteiger partial charge in [-0.15, -0.1) is 0 Å². The Labute approximate surface area is 93.3 Å². The van der Waals surface area contributed by atoms with Crippen LogP contribution in [-0.2, 0) is 0 Å². The number of rotatable bonds is 1. The third-order valence-electron chi connectivity index (χ3n) is 2.52. The fraction of sp³-hybridized carbons (Fsp3) is 0.182. The minimum atomic E-state index is 0.573. The predicted octanol–water partition coefficient (Wildman–Crippen LogP) is 2.93. The summed E-state index contributed by atoms with van der Waals surface area (Å²) < 4.78 is 0. The van der Waals surface area contributed by atoms with E-state index in [0.717, 1.165) is 22.5 Å². The number of nitrogens with one attached hydrogen (secondary N) is 1. The van der Waals surface area contributed by atoms with Gasteiger partial charge in [-0.25, -0.2) is 0 Å². The number of nitrogens with zero attached hydrogens (tertiary/aromatic N) is 1. The molecule has 4 heteroatoms. The van der Waals surface area contributed by atoms with E-state index in [1.807, 2.05) is 26.0 Å². The predicted molar refractivity (Wildman–Crippen MR) is 62.9 cm³/mol. The second-order valence-corrected chi connectivity index (χ2v) is 3.97. The van der Waals surface area contributed by atoms with Crippen molar-refractivity contribution in [3.05, 3.63) is 34.5 Å². The van der Waals surface area contributed by atoms with Crippen molar-refractivity contribution < 1.29 is 0 Å². The van der Waals surface area contributed by atoms with Crippen LogP contribution in [0, 0.1) is 13.8 Å². The first-order valence-corrected chi connectivity index (χ1v) is 5.04. The fourth-order valence-electron chi connectivity index (χ4n) is 1.46. The average molecular weight is 222 g/mol. The number of aromatic nitrogens is 2. The number of anilines is 1. The molecule has 0 bridgehead atoms. The molecular weight excluding hydrogens is 210 g/mol. The molecule has 0 aliphatic carbocycles. The van der Waals surface area contributed by atoms with Crippen LogP contribution in [0.15, 0.2) is 18.2 Å². The van der Waals surface area contributed by atoms with Crippen LogP contribution in [0.5, 0.6) is 0 Å². The number of benzene rings is 1. The van der Waals surface area contributed by atoms with E-state index < -0.39 is 0 Å². The molecule has 0 aliphatic rings. The monoisotopic (exact) mass is 221 g/mol. The Hall–Kier alpha value is -1.48. The molecule has 0 radical (unpaired) electrons. The van der Waals surface area contributed by atoms with Crippen LogP contribution in [0.3, 0.4) is 0 Å². The molecular formula is C11H12ClN3. The largest absolute Gasteiger partial charge is 0.398 e. The molecule has 0 saturated heterocycles. The molecule has 2 rings (SSSR count). The van der Waals surface area contributed by atoms with Gasteiger partial charge in [-0.2, -0.15) is 5.10 Å². The molecule has 0 fully saturated rings. The van der Waals surface area contributed by atoms with Gasteiger partial charge in [-0.05, 0) is 31.5 Å². The maximum absolute atomic E-state index is 5.86. The maximum Gasteiger partial charge on any atom is 0.0953 e. The van der Waals surface area contributed by atoms with Crippen molar-refractivity contribution in [2.24, 2.45) is 0 Å². The topological polar surface area (TPSA) is 54.7 Å². The Bertz CT molecular complexity index is 503. The van der Waals surface area contributed by atoms with E-state index >= 15 is 0 Å². The Morgan fingerprint density at radius 2 is 2.07 bits per heavy atom. The van der Waals surface area contributed by atoms with Gasteiger partial charge in [-0.1, -0.05) is 17.7 Å². The van der Waals surface area contributed by atoms with E-state index in [4.69, 9.17) is 17.3 Å². The zero-order valence-electron chi connectivity index (χ0n) is 8.63. The lowest BCUT2D eigenvalue weighted by Gasteiger charge is -2.02. The molecule has 15 heavy (non-hydrogen) atoms. The molecule has 3 N–H and O–H groups in total. The lowest BCUT2D eigenvalue weighted by atomic mass is 10.1. The SMILES string of the molecule is Cc1[nH]nc(-c2ccc(Cl)c(N)c2)c1C. The Morgan fingerprint density at radius 3 is 2.60 bits per heavy atom. The lowest BCUT2D eigenvalue weighted by Crippen LogP contribution is -1.88. The minimum Gasteiger partial charge on any atom is -0.398 e. The van der Waals surface area contributed by atoms with Crippen molar-refractivity contribution in [2.45, 2.75) is 13.8 Å². The van der Waals surface area contributed by atoms with Gasteiger partial charge >= 0.3 is 0 Å². The summed E-state index contributed by atoms with van der Waals surface area (Å²) in [5.41, 5.74) is 10.4. The van der Waals surface area contributed by atoms with E-state index in [1.165, 1.54) is 0 Å². The molecule has 1 heterocycles. The van der Waals surface area contributed by atoms with Crippen LogP contribution in [0.2, 0.25) is 5.02 Å². The highest BCUT2D eigenvalue weighted by Crippen LogP contribution is 2.28. The van der Waals surface area contributed by atoms with Crippen LogP contribution in [-0.4, -0.2) is 10.2 Å². The maximum atomic E-state index is 5.86. The first kappa shape index (κ1) is 10.1. The highest BCUT2D eigenvalue weighted by molar-refractivity contribution is 6.33. The van der Waals surface area contributed by atoms with Crippen molar-refractivity contribution >= 4 is 17.3 Å².